The fourth-order valence-corrected chi connectivity index (χ4v) is 4.50. The zero-order valence-electron chi connectivity index (χ0n) is 18.5. The van der Waals surface area contributed by atoms with Crippen LogP contribution in [0.2, 0.25) is 0 Å². The van der Waals surface area contributed by atoms with Gasteiger partial charge in [-0.2, -0.15) is 4.37 Å². The Labute approximate surface area is 191 Å². The maximum atomic E-state index is 14.3. The lowest BCUT2D eigenvalue weighted by Crippen LogP contribution is -2.30. The molecule has 1 aromatic heterocycles. The molecule has 8 nitrogen and oxygen atoms in total. The van der Waals surface area contributed by atoms with Crippen molar-refractivity contribution in [2.24, 2.45) is 5.73 Å². The molecule has 4 N–H and O–H groups in total. The molecule has 10 heteroatoms. The predicted octanol–water partition coefficient (Wildman–Crippen LogP) is 3.57. The van der Waals surface area contributed by atoms with Gasteiger partial charge in [-0.25, -0.2) is 9.18 Å². The van der Waals surface area contributed by atoms with E-state index in [1.807, 2.05) is 13.0 Å². The van der Waals surface area contributed by atoms with Crippen molar-refractivity contribution >= 4 is 28.5 Å². The summed E-state index contributed by atoms with van der Waals surface area (Å²) >= 11 is 0.891. The Morgan fingerprint density at radius 2 is 2.00 bits per heavy atom. The number of halogens is 1. The predicted molar refractivity (Wildman–Crippen MR) is 123 cm³/mol. The van der Waals surface area contributed by atoms with E-state index in [9.17, 15) is 14.0 Å². The van der Waals surface area contributed by atoms with E-state index in [1.54, 1.807) is 6.92 Å². The van der Waals surface area contributed by atoms with E-state index >= 15 is 0 Å². The molecule has 0 unspecified atom stereocenters. The van der Waals surface area contributed by atoms with Crippen molar-refractivity contribution in [3.8, 4) is 5.88 Å². The highest BCUT2D eigenvalue weighted by Crippen LogP contribution is 2.31. The van der Waals surface area contributed by atoms with Gasteiger partial charge < -0.3 is 20.7 Å². The van der Waals surface area contributed by atoms with Gasteiger partial charge in [-0.15, -0.1) is 0 Å². The molecule has 2 heterocycles. The van der Waals surface area contributed by atoms with Crippen molar-refractivity contribution in [3.05, 3.63) is 40.2 Å². The Morgan fingerprint density at radius 3 is 2.69 bits per heavy atom. The molecule has 2 aromatic rings. The highest BCUT2D eigenvalue weighted by Gasteiger charge is 2.22. The van der Waals surface area contributed by atoms with E-state index < -0.39 is 11.9 Å². The second kappa shape index (κ2) is 11.2. The quantitative estimate of drug-likeness (QED) is 0.467. The van der Waals surface area contributed by atoms with Crippen LogP contribution in [-0.2, 0) is 6.61 Å². The number of nitrogens with zero attached hydrogens (tertiary/aromatic N) is 2. The Morgan fingerprint density at radius 1 is 1.25 bits per heavy atom. The lowest BCUT2D eigenvalue weighted by Gasteiger charge is -2.14. The van der Waals surface area contributed by atoms with Crippen LogP contribution in [0.4, 0.5) is 14.2 Å². The number of anilines is 1. The number of unbranched alkanes of at least 4 members (excludes halogenated alkanes) is 1. The van der Waals surface area contributed by atoms with Gasteiger partial charge in [0.1, 0.15) is 23.0 Å². The van der Waals surface area contributed by atoms with Crippen molar-refractivity contribution in [2.45, 2.75) is 46.1 Å². The van der Waals surface area contributed by atoms with Gasteiger partial charge in [-0.1, -0.05) is 6.07 Å². The van der Waals surface area contributed by atoms with Gasteiger partial charge in [0.05, 0.1) is 0 Å². The van der Waals surface area contributed by atoms with Crippen LogP contribution in [0.1, 0.15) is 52.7 Å². The molecule has 1 saturated heterocycles. The molecule has 1 aromatic carbocycles. The lowest BCUT2D eigenvalue weighted by atomic mass is 10.1. The number of hydrogen-bond acceptors (Lipinski definition) is 6. The molecule has 0 atom stereocenters. The number of aromatic nitrogens is 1. The fourth-order valence-electron chi connectivity index (χ4n) is 3.76. The first-order valence-corrected chi connectivity index (χ1v) is 11.6. The van der Waals surface area contributed by atoms with Gasteiger partial charge >= 0.3 is 6.03 Å². The number of benzene rings is 1. The number of carbonyl (C=O) groups is 2. The monoisotopic (exact) mass is 463 g/mol. The number of carbonyl (C=O) groups excluding carboxylic acids is 2. The standard InChI is InChI=1S/C22H30FN5O3S/c1-14-11-15(2)16(17(23)12-14)13-31-20-18(19(24)29)21(32-27-20)26-22(30)25-7-3-4-8-28-9-5-6-10-28/h11-12H,3-10,13H2,1-2H3,(H2,24,29)(H2,25,26,30). The normalized spacial score (nSPS) is 13.8. The third-order valence-electron chi connectivity index (χ3n) is 5.44. The SMILES string of the molecule is Cc1cc(C)c(COc2nsc(NC(=O)NCCCCN3CCCC3)c2C(N)=O)c(F)c1. The van der Waals surface area contributed by atoms with Crippen molar-refractivity contribution in [2.75, 3.05) is 31.5 Å². The van der Waals surface area contributed by atoms with Gasteiger partial charge in [-0.05, 0) is 87.9 Å². The van der Waals surface area contributed by atoms with E-state index in [0.29, 0.717) is 12.1 Å². The Balaban J connectivity index is 1.52. The molecule has 1 fully saturated rings. The van der Waals surface area contributed by atoms with E-state index in [2.05, 4.69) is 19.9 Å². The Hall–Kier alpha value is -2.72. The van der Waals surface area contributed by atoms with E-state index in [0.717, 1.165) is 55.1 Å². The highest BCUT2D eigenvalue weighted by atomic mass is 32.1. The minimum absolute atomic E-state index is 0.0237. The number of aryl methyl sites for hydroxylation is 2. The molecule has 0 spiro atoms. The van der Waals surface area contributed by atoms with E-state index in [1.165, 1.54) is 18.9 Å². The van der Waals surface area contributed by atoms with Crippen LogP contribution < -0.4 is 21.1 Å². The summed E-state index contributed by atoms with van der Waals surface area (Å²) in [5.74, 6) is -1.20. The summed E-state index contributed by atoms with van der Waals surface area (Å²) in [6.07, 6.45) is 4.41. The molecule has 1 aliphatic rings. The molecule has 0 bridgehead atoms. The summed E-state index contributed by atoms with van der Waals surface area (Å²) in [7, 11) is 0. The Kier molecular flexibility index (Phi) is 8.40. The number of likely N-dealkylation sites (tertiary alicyclic amines) is 1. The number of primary amides is 1. The molecule has 0 radical (unpaired) electrons. The first-order valence-electron chi connectivity index (χ1n) is 10.8. The number of amides is 3. The zero-order chi connectivity index (χ0) is 23.1. The molecule has 3 rings (SSSR count). The summed E-state index contributed by atoms with van der Waals surface area (Å²) in [6, 6.07) is 2.83. The van der Waals surface area contributed by atoms with Crippen LogP contribution in [0.25, 0.3) is 0 Å². The third kappa shape index (κ3) is 6.39. The largest absolute Gasteiger partial charge is 0.471 e. The number of urea groups is 1. The molecule has 3 amide bonds. The van der Waals surface area contributed by atoms with Gasteiger partial charge in [0.25, 0.3) is 5.91 Å². The molecule has 0 saturated carbocycles. The summed E-state index contributed by atoms with van der Waals surface area (Å²) in [5, 5.41) is 5.59. The fraction of sp³-hybridized carbons (Fsp3) is 0.500. The van der Waals surface area contributed by atoms with Crippen LogP contribution in [0.15, 0.2) is 12.1 Å². The zero-order valence-corrected chi connectivity index (χ0v) is 19.3. The third-order valence-corrected chi connectivity index (χ3v) is 6.18. The minimum atomic E-state index is -0.782. The lowest BCUT2D eigenvalue weighted by molar-refractivity contribution is 0.0996. The second-order valence-electron chi connectivity index (χ2n) is 8.02. The number of nitrogens with two attached hydrogens (primary N) is 1. The number of hydrogen-bond donors (Lipinski definition) is 3. The second-order valence-corrected chi connectivity index (χ2v) is 8.80. The number of nitrogens with one attached hydrogen (secondary N) is 2. The minimum Gasteiger partial charge on any atom is -0.471 e. The summed E-state index contributed by atoms with van der Waals surface area (Å²) in [6.45, 7) is 7.39. The van der Waals surface area contributed by atoms with Crippen LogP contribution >= 0.6 is 11.5 Å². The topological polar surface area (TPSA) is 110 Å². The van der Waals surface area contributed by atoms with Crippen LogP contribution in [0.3, 0.4) is 0 Å². The summed E-state index contributed by atoms with van der Waals surface area (Å²) < 4.78 is 23.9. The van der Waals surface area contributed by atoms with Gasteiger partial charge in [0.15, 0.2) is 0 Å². The number of rotatable bonds is 10. The van der Waals surface area contributed by atoms with Crippen molar-refractivity contribution in [3.63, 3.8) is 0 Å². The summed E-state index contributed by atoms with van der Waals surface area (Å²) in [5.41, 5.74) is 7.38. The first-order chi connectivity index (χ1) is 15.3. The van der Waals surface area contributed by atoms with Gasteiger partial charge in [0.2, 0.25) is 5.88 Å². The number of ether oxygens (including phenoxy) is 1. The van der Waals surface area contributed by atoms with E-state index in [-0.39, 0.29) is 28.9 Å². The maximum absolute atomic E-state index is 14.3. The van der Waals surface area contributed by atoms with Crippen LogP contribution in [0, 0.1) is 19.7 Å². The summed E-state index contributed by atoms with van der Waals surface area (Å²) in [4.78, 5) is 26.6. The Bertz CT molecular complexity index is 936. The molecular formula is C22H30FN5O3S. The maximum Gasteiger partial charge on any atom is 0.319 e. The van der Waals surface area contributed by atoms with E-state index in [4.69, 9.17) is 10.5 Å². The highest BCUT2D eigenvalue weighted by molar-refractivity contribution is 7.11. The van der Waals surface area contributed by atoms with Crippen LogP contribution in [0.5, 0.6) is 5.88 Å². The van der Waals surface area contributed by atoms with Crippen molar-refractivity contribution in [1.82, 2.24) is 14.6 Å². The van der Waals surface area contributed by atoms with Crippen LogP contribution in [-0.4, -0.2) is 47.4 Å². The molecule has 174 valence electrons. The smallest absolute Gasteiger partial charge is 0.319 e. The molecule has 1 aliphatic heterocycles. The first kappa shape index (κ1) is 23.9. The average molecular weight is 464 g/mol. The van der Waals surface area contributed by atoms with Gasteiger partial charge in [-0.3, -0.25) is 10.1 Å². The average Bonchev–Trinajstić information content (AvgIpc) is 3.37. The van der Waals surface area contributed by atoms with Crippen molar-refractivity contribution in [1.29, 1.82) is 0 Å². The molecule has 32 heavy (non-hydrogen) atoms. The van der Waals surface area contributed by atoms with Gasteiger partial charge in [0, 0.05) is 12.1 Å². The molecular weight excluding hydrogens is 433 g/mol. The van der Waals surface area contributed by atoms with Crippen molar-refractivity contribution < 1.29 is 18.7 Å². The molecule has 0 aliphatic carbocycles.